The minimum Gasteiger partial charge on any atom is -0.481 e. The lowest BCUT2D eigenvalue weighted by Crippen LogP contribution is -2.46. The topological polar surface area (TPSA) is 98.7 Å². The SMILES string of the molecule is O=C(O)C(CNC(=O)[C@@H]1CCCN(C(=O)CCC2CCNCC2)C1)C1CC1. The number of carboxylic acid groups (broad SMARTS) is 1. The minimum atomic E-state index is -0.823. The molecule has 0 aromatic carbocycles. The zero-order chi connectivity index (χ0) is 19.2. The Hall–Kier alpha value is -1.63. The molecule has 3 rings (SSSR count). The first-order valence-electron chi connectivity index (χ1n) is 10.5. The summed E-state index contributed by atoms with van der Waals surface area (Å²) in [6.07, 6.45) is 7.28. The van der Waals surface area contributed by atoms with E-state index in [-0.39, 0.29) is 30.2 Å². The van der Waals surface area contributed by atoms with E-state index in [9.17, 15) is 19.5 Å². The number of amides is 2. The molecular formula is C20H33N3O4. The van der Waals surface area contributed by atoms with Gasteiger partial charge in [-0.2, -0.15) is 0 Å². The van der Waals surface area contributed by atoms with Gasteiger partial charge in [-0.25, -0.2) is 0 Å². The van der Waals surface area contributed by atoms with Gasteiger partial charge in [0.15, 0.2) is 0 Å². The Morgan fingerprint density at radius 1 is 1.11 bits per heavy atom. The molecule has 1 aliphatic carbocycles. The number of aliphatic carboxylic acids is 1. The summed E-state index contributed by atoms with van der Waals surface area (Å²) in [5.74, 6) is -0.603. The number of hydrogen-bond acceptors (Lipinski definition) is 4. The highest BCUT2D eigenvalue weighted by Gasteiger charge is 2.37. The Balaban J connectivity index is 1.41. The first-order chi connectivity index (χ1) is 13.0. The second-order valence-electron chi connectivity index (χ2n) is 8.44. The van der Waals surface area contributed by atoms with Crippen LogP contribution >= 0.6 is 0 Å². The molecule has 3 fully saturated rings. The Labute approximate surface area is 161 Å². The monoisotopic (exact) mass is 379 g/mol. The van der Waals surface area contributed by atoms with Crippen LogP contribution in [0.5, 0.6) is 0 Å². The van der Waals surface area contributed by atoms with Gasteiger partial charge in [0.1, 0.15) is 0 Å². The molecule has 0 aromatic rings. The zero-order valence-electron chi connectivity index (χ0n) is 16.1. The van der Waals surface area contributed by atoms with Crippen LogP contribution in [0.25, 0.3) is 0 Å². The van der Waals surface area contributed by atoms with Crippen molar-refractivity contribution in [2.45, 2.75) is 51.4 Å². The third-order valence-electron chi connectivity index (χ3n) is 6.37. The highest BCUT2D eigenvalue weighted by atomic mass is 16.4. The van der Waals surface area contributed by atoms with Crippen molar-refractivity contribution in [3.8, 4) is 0 Å². The third kappa shape index (κ3) is 5.92. The highest BCUT2D eigenvalue weighted by Crippen LogP contribution is 2.36. The number of carboxylic acids is 1. The smallest absolute Gasteiger partial charge is 0.308 e. The molecule has 1 unspecified atom stereocenters. The van der Waals surface area contributed by atoms with Crippen LogP contribution in [0.15, 0.2) is 0 Å². The standard InChI is InChI=1S/C20H33N3O4/c24-18(6-3-14-7-9-21-10-8-14)23-11-1-2-16(13-23)19(25)22-12-17(20(26)27)15-4-5-15/h14-17,21H,1-13H2,(H,22,25)(H,26,27)/t16-,17?/m1/s1. The summed E-state index contributed by atoms with van der Waals surface area (Å²) < 4.78 is 0. The summed E-state index contributed by atoms with van der Waals surface area (Å²) in [5.41, 5.74) is 0. The molecule has 2 heterocycles. The van der Waals surface area contributed by atoms with Crippen LogP contribution in [0.1, 0.15) is 51.4 Å². The minimum absolute atomic E-state index is 0.0993. The molecular weight excluding hydrogens is 346 g/mol. The third-order valence-corrected chi connectivity index (χ3v) is 6.37. The number of carbonyl (C=O) groups excluding carboxylic acids is 2. The molecule has 7 heteroatoms. The summed E-state index contributed by atoms with van der Waals surface area (Å²) >= 11 is 0. The van der Waals surface area contributed by atoms with Crippen LogP contribution in [-0.4, -0.2) is 60.5 Å². The normalized spacial score (nSPS) is 25.0. The maximum atomic E-state index is 12.6. The molecule has 2 atom stereocenters. The van der Waals surface area contributed by atoms with E-state index >= 15 is 0 Å². The molecule has 2 aliphatic heterocycles. The van der Waals surface area contributed by atoms with E-state index in [0.29, 0.717) is 18.9 Å². The lowest BCUT2D eigenvalue weighted by Gasteiger charge is -2.33. The average Bonchev–Trinajstić information content (AvgIpc) is 3.52. The van der Waals surface area contributed by atoms with Gasteiger partial charge in [0.05, 0.1) is 11.8 Å². The predicted octanol–water partition coefficient (Wildman–Crippen LogP) is 1.23. The summed E-state index contributed by atoms with van der Waals surface area (Å²) in [4.78, 5) is 38.2. The van der Waals surface area contributed by atoms with Crippen LogP contribution < -0.4 is 10.6 Å². The molecule has 27 heavy (non-hydrogen) atoms. The molecule has 0 radical (unpaired) electrons. The van der Waals surface area contributed by atoms with Crippen molar-refractivity contribution in [3.63, 3.8) is 0 Å². The van der Waals surface area contributed by atoms with Gasteiger partial charge in [0.2, 0.25) is 11.8 Å². The summed E-state index contributed by atoms with van der Waals surface area (Å²) in [7, 11) is 0. The molecule has 0 spiro atoms. The summed E-state index contributed by atoms with van der Waals surface area (Å²) in [5, 5.41) is 15.5. The fourth-order valence-electron chi connectivity index (χ4n) is 4.38. The van der Waals surface area contributed by atoms with E-state index in [4.69, 9.17) is 0 Å². The number of carbonyl (C=O) groups is 3. The number of nitrogens with zero attached hydrogens (tertiary/aromatic N) is 1. The second kappa shape index (κ2) is 9.53. The first kappa shape index (κ1) is 20.1. The molecule has 2 amide bonds. The van der Waals surface area contributed by atoms with E-state index in [1.54, 1.807) is 0 Å². The van der Waals surface area contributed by atoms with Gasteiger partial charge in [-0.1, -0.05) is 0 Å². The molecule has 0 bridgehead atoms. The van der Waals surface area contributed by atoms with Crippen molar-refractivity contribution < 1.29 is 19.5 Å². The van der Waals surface area contributed by atoms with Crippen LogP contribution in [0.3, 0.4) is 0 Å². The molecule has 152 valence electrons. The van der Waals surface area contributed by atoms with Crippen molar-refractivity contribution in [1.82, 2.24) is 15.5 Å². The van der Waals surface area contributed by atoms with E-state index < -0.39 is 11.9 Å². The van der Waals surface area contributed by atoms with Crippen LogP contribution in [-0.2, 0) is 14.4 Å². The number of nitrogens with one attached hydrogen (secondary N) is 2. The average molecular weight is 380 g/mol. The van der Waals surface area contributed by atoms with Crippen molar-refractivity contribution in [2.24, 2.45) is 23.7 Å². The molecule has 7 nitrogen and oxygen atoms in total. The van der Waals surface area contributed by atoms with Crippen LogP contribution in [0.2, 0.25) is 0 Å². The fraction of sp³-hybridized carbons (Fsp3) is 0.850. The van der Waals surface area contributed by atoms with Crippen LogP contribution in [0, 0.1) is 23.7 Å². The Morgan fingerprint density at radius 3 is 2.52 bits per heavy atom. The van der Waals surface area contributed by atoms with Gasteiger partial charge in [-0.3, -0.25) is 14.4 Å². The number of likely N-dealkylation sites (tertiary alicyclic amines) is 1. The molecule has 2 saturated heterocycles. The maximum absolute atomic E-state index is 12.6. The Morgan fingerprint density at radius 2 is 1.85 bits per heavy atom. The lowest BCUT2D eigenvalue weighted by molar-refractivity contribution is -0.142. The van der Waals surface area contributed by atoms with Gasteiger partial charge in [-0.15, -0.1) is 0 Å². The van der Waals surface area contributed by atoms with Gasteiger partial charge in [-0.05, 0) is 69.9 Å². The Kier molecular flexibility index (Phi) is 7.10. The van der Waals surface area contributed by atoms with Crippen molar-refractivity contribution in [3.05, 3.63) is 0 Å². The summed E-state index contributed by atoms with van der Waals surface area (Å²) in [6.45, 7) is 3.50. The van der Waals surface area contributed by atoms with Gasteiger partial charge < -0.3 is 20.6 Å². The van der Waals surface area contributed by atoms with E-state index in [0.717, 1.165) is 64.6 Å². The zero-order valence-corrected chi connectivity index (χ0v) is 16.1. The summed E-state index contributed by atoms with van der Waals surface area (Å²) in [6, 6.07) is 0. The predicted molar refractivity (Wildman–Crippen MR) is 101 cm³/mol. The van der Waals surface area contributed by atoms with Gasteiger partial charge >= 0.3 is 5.97 Å². The Bertz CT molecular complexity index is 543. The molecule has 3 aliphatic rings. The number of piperidine rings is 2. The first-order valence-corrected chi connectivity index (χ1v) is 10.5. The largest absolute Gasteiger partial charge is 0.481 e. The van der Waals surface area contributed by atoms with Crippen molar-refractivity contribution >= 4 is 17.8 Å². The lowest BCUT2D eigenvalue weighted by atomic mass is 9.92. The number of rotatable bonds is 8. The van der Waals surface area contributed by atoms with Crippen molar-refractivity contribution in [1.29, 1.82) is 0 Å². The molecule has 0 aromatic heterocycles. The maximum Gasteiger partial charge on any atom is 0.308 e. The highest BCUT2D eigenvalue weighted by molar-refractivity contribution is 5.82. The van der Waals surface area contributed by atoms with E-state index in [1.165, 1.54) is 0 Å². The van der Waals surface area contributed by atoms with E-state index in [2.05, 4.69) is 10.6 Å². The number of hydrogen-bond donors (Lipinski definition) is 3. The van der Waals surface area contributed by atoms with Gasteiger partial charge in [0, 0.05) is 26.1 Å². The van der Waals surface area contributed by atoms with Crippen LogP contribution in [0.4, 0.5) is 0 Å². The molecule has 1 saturated carbocycles. The quantitative estimate of drug-likeness (QED) is 0.589. The fourth-order valence-corrected chi connectivity index (χ4v) is 4.38. The molecule has 3 N–H and O–H groups in total. The van der Waals surface area contributed by atoms with E-state index in [1.807, 2.05) is 4.90 Å². The van der Waals surface area contributed by atoms with Gasteiger partial charge in [0.25, 0.3) is 0 Å². The second-order valence-corrected chi connectivity index (χ2v) is 8.44. The van der Waals surface area contributed by atoms with Crippen molar-refractivity contribution in [2.75, 3.05) is 32.7 Å².